The SMILES string of the molecule is CN=C(NCc1ccc(S(=O)(=O)N2CCOCC2)s1)NC(C)C(C)C. The number of aliphatic imine (C=N–C) groups is 1. The number of nitrogens with one attached hydrogen (secondary N) is 2. The molecule has 1 atom stereocenters. The molecule has 1 fully saturated rings. The minimum absolute atomic E-state index is 0.298. The van der Waals surface area contributed by atoms with Crippen LogP contribution in [-0.4, -0.2) is 58.1 Å². The molecule has 9 heteroatoms. The number of sulfonamides is 1. The molecule has 0 bridgehead atoms. The van der Waals surface area contributed by atoms with Crippen LogP contribution in [0, 0.1) is 5.92 Å². The molecule has 7 nitrogen and oxygen atoms in total. The normalized spacial score (nSPS) is 18.4. The molecule has 0 amide bonds. The van der Waals surface area contributed by atoms with E-state index >= 15 is 0 Å². The summed E-state index contributed by atoms with van der Waals surface area (Å²) in [6, 6.07) is 3.83. The van der Waals surface area contributed by atoms with Crippen LogP contribution in [0.2, 0.25) is 0 Å². The van der Waals surface area contributed by atoms with E-state index in [0.717, 1.165) is 4.88 Å². The summed E-state index contributed by atoms with van der Waals surface area (Å²) in [4.78, 5) is 5.16. The van der Waals surface area contributed by atoms with Crippen LogP contribution < -0.4 is 10.6 Å². The van der Waals surface area contributed by atoms with E-state index < -0.39 is 10.0 Å². The minimum atomic E-state index is -3.42. The average molecular weight is 389 g/mol. The lowest BCUT2D eigenvalue weighted by Crippen LogP contribution is -2.43. The van der Waals surface area contributed by atoms with Gasteiger partial charge in [-0.3, -0.25) is 4.99 Å². The lowest BCUT2D eigenvalue weighted by Gasteiger charge is -2.25. The number of nitrogens with zero attached hydrogens (tertiary/aromatic N) is 2. The van der Waals surface area contributed by atoms with E-state index in [4.69, 9.17) is 4.74 Å². The van der Waals surface area contributed by atoms with E-state index in [1.54, 1.807) is 13.1 Å². The second-order valence-electron chi connectivity index (χ2n) is 6.34. The lowest BCUT2D eigenvalue weighted by atomic mass is 10.1. The van der Waals surface area contributed by atoms with Crippen molar-refractivity contribution in [1.29, 1.82) is 0 Å². The Morgan fingerprint density at radius 2 is 2.00 bits per heavy atom. The third kappa shape index (κ3) is 5.40. The molecule has 2 N–H and O–H groups in total. The van der Waals surface area contributed by atoms with Crippen molar-refractivity contribution in [3.05, 3.63) is 17.0 Å². The zero-order chi connectivity index (χ0) is 18.4. The molecule has 0 spiro atoms. The van der Waals surface area contributed by atoms with E-state index in [9.17, 15) is 8.42 Å². The molecule has 1 aromatic heterocycles. The second kappa shape index (κ2) is 8.98. The molecular formula is C16H28N4O3S2. The topological polar surface area (TPSA) is 83.0 Å². The second-order valence-corrected chi connectivity index (χ2v) is 9.67. The van der Waals surface area contributed by atoms with Crippen LogP contribution in [0.4, 0.5) is 0 Å². The first-order valence-electron chi connectivity index (χ1n) is 8.48. The third-order valence-corrected chi connectivity index (χ3v) is 7.67. The Hall–Kier alpha value is -1.16. The molecule has 1 aromatic rings. The number of hydrogen-bond donors (Lipinski definition) is 2. The van der Waals surface area contributed by atoms with E-state index in [-0.39, 0.29) is 0 Å². The van der Waals surface area contributed by atoms with Crippen LogP contribution in [0.25, 0.3) is 0 Å². The molecule has 1 saturated heterocycles. The molecule has 2 heterocycles. The van der Waals surface area contributed by atoms with Gasteiger partial charge in [0, 0.05) is 31.1 Å². The summed E-state index contributed by atoms with van der Waals surface area (Å²) in [6.45, 7) is 8.67. The van der Waals surface area contributed by atoms with Gasteiger partial charge in [-0.15, -0.1) is 11.3 Å². The summed E-state index contributed by atoms with van der Waals surface area (Å²) in [5.74, 6) is 1.21. The van der Waals surface area contributed by atoms with Gasteiger partial charge in [-0.05, 0) is 25.0 Å². The van der Waals surface area contributed by atoms with Crippen molar-refractivity contribution in [2.24, 2.45) is 10.9 Å². The van der Waals surface area contributed by atoms with Crippen molar-refractivity contribution < 1.29 is 13.2 Å². The van der Waals surface area contributed by atoms with Crippen molar-refractivity contribution >= 4 is 27.3 Å². The molecule has 1 aliphatic rings. The van der Waals surface area contributed by atoms with Crippen molar-refractivity contribution in [1.82, 2.24) is 14.9 Å². The molecule has 1 unspecified atom stereocenters. The van der Waals surface area contributed by atoms with Crippen LogP contribution in [0.3, 0.4) is 0 Å². The Kier molecular flexibility index (Phi) is 7.24. The van der Waals surface area contributed by atoms with Gasteiger partial charge in [-0.25, -0.2) is 8.42 Å². The Morgan fingerprint density at radius 1 is 1.32 bits per heavy atom. The van der Waals surface area contributed by atoms with Crippen LogP contribution >= 0.6 is 11.3 Å². The van der Waals surface area contributed by atoms with Crippen molar-refractivity contribution in [3.63, 3.8) is 0 Å². The van der Waals surface area contributed by atoms with E-state index in [0.29, 0.717) is 55.0 Å². The average Bonchev–Trinajstić information content (AvgIpc) is 3.08. The predicted octanol–water partition coefficient (Wildman–Crippen LogP) is 1.48. The number of hydrogen-bond acceptors (Lipinski definition) is 5. The summed E-state index contributed by atoms with van der Waals surface area (Å²) in [5.41, 5.74) is 0. The molecule has 25 heavy (non-hydrogen) atoms. The Morgan fingerprint density at radius 3 is 2.60 bits per heavy atom. The number of ether oxygens (including phenoxy) is 1. The highest BCUT2D eigenvalue weighted by molar-refractivity contribution is 7.91. The zero-order valence-electron chi connectivity index (χ0n) is 15.3. The van der Waals surface area contributed by atoms with Crippen LogP contribution in [0.15, 0.2) is 21.3 Å². The number of guanidine groups is 1. The Labute approximate surface area is 154 Å². The standard InChI is InChI=1S/C16H28N4O3S2/c1-12(2)13(3)19-16(17-4)18-11-14-5-6-15(24-14)25(21,22)20-7-9-23-10-8-20/h5-6,12-13H,7-11H2,1-4H3,(H2,17,18,19). The predicted molar refractivity (Wildman–Crippen MR) is 102 cm³/mol. The molecule has 0 saturated carbocycles. The van der Waals surface area contributed by atoms with Gasteiger partial charge in [0.15, 0.2) is 5.96 Å². The Bertz CT molecular complexity index is 679. The fourth-order valence-electron chi connectivity index (χ4n) is 2.25. The highest BCUT2D eigenvalue weighted by atomic mass is 32.2. The van der Waals surface area contributed by atoms with Gasteiger partial charge in [0.1, 0.15) is 4.21 Å². The van der Waals surface area contributed by atoms with Crippen molar-refractivity contribution in [3.8, 4) is 0 Å². The lowest BCUT2D eigenvalue weighted by molar-refractivity contribution is 0.0731. The first kappa shape index (κ1) is 20.2. The van der Waals surface area contributed by atoms with Crippen molar-refractivity contribution in [2.75, 3.05) is 33.4 Å². The molecule has 0 aliphatic carbocycles. The molecule has 0 aromatic carbocycles. The van der Waals surface area contributed by atoms with Gasteiger partial charge in [0.2, 0.25) is 0 Å². The van der Waals surface area contributed by atoms with E-state index in [1.807, 2.05) is 6.07 Å². The van der Waals surface area contributed by atoms with Gasteiger partial charge < -0.3 is 15.4 Å². The fraction of sp³-hybridized carbons (Fsp3) is 0.688. The van der Waals surface area contributed by atoms with E-state index in [1.165, 1.54) is 15.6 Å². The maximum absolute atomic E-state index is 12.6. The largest absolute Gasteiger partial charge is 0.379 e. The van der Waals surface area contributed by atoms with Gasteiger partial charge in [0.25, 0.3) is 10.0 Å². The number of thiophene rings is 1. The quantitative estimate of drug-likeness (QED) is 0.570. The monoisotopic (exact) mass is 388 g/mol. The van der Waals surface area contributed by atoms with Gasteiger partial charge in [-0.2, -0.15) is 4.31 Å². The van der Waals surface area contributed by atoms with Crippen LogP contribution in [0.5, 0.6) is 0 Å². The molecular weight excluding hydrogens is 360 g/mol. The zero-order valence-corrected chi connectivity index (χ0v) is 16.9. The summed E-state index contributed by atoms with van der Waals surface area (Å²) in [6.07, 6.45) is 0. The minimum Gasteiger partial charge on any atom is -0.379 e. The highest BCUT2D eigenvalue weighted by Gasteiger charge is 2.27. The highest BCUT2D eigenvalue weighted by Crippen LogP contribution is 2.25. The Balaban J connectivity index is 1.96. The van der Waals surface area contributed by atoms with Crippen LogP contribution in [-0.2, 0) is 21.3 Å². The number of morpholine rings is 1. The maximum atomic E-state index is 12.6. The first-order valence-corrected chi connectivity index (χ1v) is 10.7. The smallest absolute Gasteiger partial charge is 0.252 e. The third-order valence-electron chi connectivity index (χ3n) is 4.22. The summed E-state index contributed by atoms with van der Waals surface area (Å²) < 4.78 is 32.4. The molecule has 2 rings (SSSR count). The van der Waals surface area contributed by atoms with E-state index in [2.05, 4.69) is 36.4 Å². The van der Waals surface area contributed by atoms with Crippen LogP contribution in [0.1, 0.15) is 25.6 Å². The molecule has 142 valence electrons. The summed E-state index contributed by atoms with van der Waals surface area (Å²) in [7, 11) is -1.69. The van der Waals surface area contributed by atoms with Gasteiger partial charge in [0.05, 0.1) is 19.8 Å². The fourth-order valence-corrected chi connectivity index (χ4v) is 5.11. The summed E-state index contributed by atoms with van der Waals surface area (Å²) in [5, 5.41) is 6.56. The first-order chi connectivity index (χ1) is 11.8. The summed E-state index contributed by atoms with van der Waals surface area (Å²) >= 11 is 1.30. The maximum Gasteiger partial charge on any atom is 0.252 e. The van der Waals surface area contributed by atoms with Gasteiger partial charge in [-0.1, -0.05) is 13.8 Å². The van der Waals surface area contributed by atoms with Gasteiger partial charge >= 0.3 is 0 Å². The molecule has 0 radical (unpaired) electrons. The van der Waals surface area contributed by atoms with Crippen molar-refractivity contribution in [2.45, 2.75) is 37.6 Å². The number of rotatable bonds is 6. The molecule has 1 aliphatic heterocycles.